The van der Waals surface area contributed by atoms with Gasteiger partial charge in [-0.3, -0.25) is 0 Å². The molecule has 1 unspecified atom stereocenters. The van der Waals surface area contributed by atoms with Crippen LogP contribution in [0.4, 0.5) is 13.2 Å². The number of nitrogens with zero attached hydrogens (tertiary/aromatic N) is 1. The molecule has 1 aromatic carbocycles. The molecule has 0 aromatic heterocycles. The molecule has 0 fully saturated rings. The summed E-state index contributed by atoms with van der Waals surface area (Å²) >= 11 is 0. The Labute approximate surface area is 175 Å². The van der Waals surface area contributed by atoms with E-state index in [2.05, 4.69) is 11.4 Å². The van der Waals surface area contributed by atoms with Gasteiger partial charge in [-0.2, -0.15) is 18.4 Å². The molecule has 0 spiro atoms. The number of ether oxygens (including phenoxy) is 1. The van der Waals surface area contributed by atoms with E-state index < -0.39 is 29.2 Å². The number of carbonyl (C=O) groups excluding carboxylic acids is 1. The quantitative estimate of drug-likeness (QED) is 0.623. The Hall–Kier alpha value is -2.75. The average Bonchev–Trinajstić information content (AvgIpc) is 2.58. The van der Waals surface area contributed by atoms with Gasteiger partial charge < -0.3 is 10.1 Å². The molecule has 2 rings (SSSR count). The molecule has 0 amide bonds. The minimum absolute atomic E-state index is 0.230. The van der Waals surface area contributed by atoms with Gasteiger partial charge in [-0.15, -0.1) is 0 Å². The highest BCUT2D eigenvalue weighted by Gasteiger charge is 2.37. The molecule has 30 heavy (non-hydrogen) atoms. The summed E-state index contributed by atoms with van der Waals surface area (Å²) in [5, 5.41) is 13.1. The molecule has 162 valence electrons. The molecule has 0 saturated heterocycles. The van der Waals surface area contributed by atoms with E-state index in [0.29, 0.717) is 29.0 Å². The minimum Gasteiger partial charge on any atom is -0.457 e. The molecule has 0 radical (unpaired) electrons. The number of hydrogen-bond acceptors (Lipinski definition) is 4. The van der Waals surface area contributed by atoms with Crippen molar-refractivity contribution >= 4 is 5.97 Å². The summed E-state index contributed by atoms with van der Waals surface area (Å²) in [6.45, 7) is 10.9. The van der Waals surface area contributed by atoms with Crippen molar-refractivity contribution in [2.24, 2.45) is 5.92 Å². The van der Waals surface area contributed by atoms with Crippen LogP contribution in [0.15, 0.2) is 46.8 Å². The van der Waals surface area contributed by atoms with Crippen molar-refractivity contribution in [3.05, 3.63) is 57.9 Å². The van der Waals surface area contributed by atoms with Crippen molar-refractivity contribution in [3.8, 4) is 6.07 Å². The maximum absolute atomic E-state index is 13.0. The lowest BCUT2D eigenvalue weighted by Gasteiger charge is -2.32. The molecule has 1 N–H and O–H groups in total. The monoisotopic (exact) mass is 420 g/mol. The van der Waals surface area contributed by atoms with Gasteiger partial charge >= 0.3 is 12.1 Å². The smallest absolute Gasteiger partial charge is 0.416 e. The third kappa shape index (κ3) is 5.44. The van der Waals surface area contributed by atoms with Crippen LogP contribution in [0.5, 0.6) is 0 Å². The normalized spacial score (nSPS) is 17.7. The molecule has 0 saturated carbocycles. The molecular weight excluding hydrogens is 393 g/mol. The second-order valence-electron chi connectivity index (χ2n) is 8.82. The SMILES string of the molecule is CC1=C(C(=O)OC(C)(C)C)C(c2ccc(C(F)(F)F)cc2)C(C#N)=C(CC(C)C)N1. The predicted octanol–water partition coefficient (Wildman–Crippen LogP) is 5.83. The Morgan fingerprint density at radius 3 is 2.20 bits per heavy atom. The molecule has 1 heterocycles. The van der Waals surface area contributed by atoms with E-state index in [1.165, 1.54) is 12.1 Å². The van der Waals surface area contributed by atoms with Crippen molar-refractivity contribution < 1.29 is 22.7 Å². The summed E-state index contributed by atoms with van der Waals surface area (Å²) in [5.74, 6) is -1.17. The Morgan fingerprint density at radius 1 is 1.20 bits per heavy atom. The second kappa shape index (κ2) is 8.55. The van der Waals surface area contributed by atoms with Gasteiger partial charge in [0.2, 0.25) is 0 Å². The van der Waals surface area contributed by atoms with Crippen LogP contribution in [0.1, 0.15) is 65.0 Å². The zero-order valence-electron chi connectivity index (χ0n) is 18.1. The van der Waals surface area contributed by atoms with E-state index in [-0.39, 0.29) is 11.5 Å². The molecule has 0 aliphatic carbocycles. The summed E-state index contributed by atoms with van der Waals surface area (Å²) in [6, 6.07) is 6.75. The third-order valence-electron chi connectivity index (χ3n) is 4.57. The van der Waals surface area contributed by atoms with Crippen molar-refractivity contribution in [3.63, 3.8) is 0 Å². The van der Waals surface area contributed by atoms with Crippen LogP contribution >= 0.6 is 0 Å². The van der Waals surface area contributed by atoms with Crippen LogP contribution in [0, 0.1) is 17.2 Å². The number of esters is 1. The number of nitriles is 1. The first-order valence-corrected chi connectivity index (χ1v) is 9.76. The second-order valence-corrected chi connectivity index (χ2v) is 8.82. The fraction of sp³-hybridized carbons (Fsp3) is 0.478. The standard InChI is InChI=1S/C23H27F3N2O2/c1-13(2)11-18-17(12-27)20(15-7-9-16(10-8-15)23(24,25)26)19(14(3)28-18)21(29)30-22(4,5)6/h7-10,13,20,28H,11H2,1-6H3. The fourth-order valence-corrected chi connectivity index (χ4v) is 3.40. The van der Waals surface area contributed by atoms with E-state index in [1.807, 2.05) is 13.8 Å². The Kier molecular flexibility index (Phi) is 6.70. The highest BCUT2D eigenvalue weighted by atomic mass is 19.4. The Balaban J connectivity index is 2.64. The van der Waals surface area contributed by atoms with Gasteiger partial charge in [0.1, 0.15) is 5.60 Å². The van der Waals surface area contributed by atoms with E-state index in [0.717, 1.165) is 12.1 Å². The minimum atomic E-state index is -4.47. The zero-order valence-corrected chi connectivity index (χ0v) is 18.1. The maximum Gasteiger partial charge on any atom is 0.416 e. The summed E-state index contributed by atoms with van der Waals surface area (Å²) in [5.41, 5.74) is 0.630. The van der Waals surface area contributed by atoms with Gasteiger partial charge in [-0.1, -0.05) is 26.0 Å². The largest absolute Gasteiger partial charge is 0.457 e. The first-order valence-electron chi connectivity index (χ1n) is 9.76. The highest BCUT2D eigenvalue weighted by molar-refractivity contribution is 5.93. The van der Waals surface area contributed by atoms with Crippen LogP contribution in [-0.2, 0) is 15.7 Å². The van der Waals surface area contributed by atoms with E-state index in [1.54, 1.807) is 27.7 Å². The number of carbonyl (C=O) groups is 1. The number of benzene rings is 1. The van der Waals surface area contributed by atoms with Crippen molar-refractivity contribution in [2.75, 3.05) is 0 Å². The number of nitrogens with one attached hydrogen (secondary N) is 1. The Morgan fingerprint density at radius 2 is 1.77 bits per heavy atom. The molecule has 7 heteroatoms. The molecule has 1 aliphatic heterocycles. The Bertz CT molecular complexity index is 912. The number of halogens is 3. The number of dihydropyridines is 1. The fourth-order valence-electron chi connectivity index (χ4n) is 3.40. The highest BCUT2D eigenvalue weighted by Crippen LogP contribution is 2.41. The molecule has 1 aliphatic rings. The molecule has 1 aromatic rings. The van der Waals surface area contributed by atoms with Crippen molar-refractivity contribution in [1.82, 2.24) is 5.32 Å². The van der Waals surface area contributed by atoms with Crippen molar-refractivity contribution in [2.45, 2.75) is 65.7 Å². The summed E-state index contributed by atoms with van der Waals surface area (Å²) in [7, 11) is 0. The summed E-state index contributed by atoms with van der Waals surface area (Å²) < 4.78 is 44.6. The van der Waals surface area contributed by atoms with Gasteiger partial charge in [0.25, 0.3) is 0 Å². The first kappa shape index (κ1) is 23.5. The molecular formula is C23H27F3N2O2. The summed E-state index contributed by atoms with van der Waals surface area (Å²) in [6.07, 6.45) is -3.90. The third-order valence-corrected chi connectivity index (χ3v) is 4.57. The van der Waals surface area contributed by atoms with Crippen molar-refractivity contribution in [1.29, 1.82) is 5.26 Å². The van der Waals surface area contributed by atoms with Gasteiger partial charge in [-0.25, -0.2) is 4.79 Å². The lowest BCUT2D eigenvalue weighted by molar-refractivity contribution is -0.150. The topological polar surface area (TPSA) is 62.1 Å². The van der Waals surface area contributed by atoms with Crippen LogP contribution in [0.2, 0.25) is 0 Å². The predicted molar refractivity (Wildman–Crippen MR) is 108 cm³/mol. The van der Waals surface area contributed by atoms with Crippen LogP contribution < -0.4 is 5.32 Å². The van der Waals surface area contributed by atoms with Gasteiger partial charge in [0.15, 0.2) is 0 Å². The van der Waals surface area contributed by atoms with Crippen LogP contribution in [0.25, 0.3) is 0 Å². The number of allylic oxidation sites excluding steroid dienone is 3. The molecule has 4 nitrogen and oxygen atoms in total. The average molecular weight is 420 g/mol. The lowest BCUT2D eigenvalue weighted by atomic mass is 9.79. The maximum atomic E-state index is 13.0. The van der Waals surface area contributed by atoms with Crippen LogP contribution in [-0.4, -0.2) is 11.6 Å². The van der Waals surface area contributed by atoms with Gasteiger partial charge in [0.05, 0.1) is 28.7 Å². The molecule has 0 bridgehead atoms. The van der Waals surface area contributed by atoms with E-state index in [4.69, 9.17) is 4.74 Å². The zero-order chi connectivity index (χ0) is 22.9. The van der Waals surface area contributed by atoms with E-state index >= 15 is 0 Å². The lowest BCUT2D eigenvalue weighted by Crippen LogP contribution is -2.33. The van der Waals surface area contributed by atoms with Crippen LogP contribution in [0.3, 0.4) is 0 Å². The molecule has 1 atom stereocenters. The number of hydrogen-bond donors (Lipinski definition) is 1. The summed E-state index contributed by atoms with van der Waals surface area (Å²) in [4.78, 5) is 13.0. The number of rotatable bonds is 4. The van der Waals surface area contributed by atoms with Gasteiger partial charge in [-0.05, 0) is 57.7 Å². The van der Waals surface area contributed by atoms with Gasteiger partial charge in [0, 0.05) is 11.4 Å². The number of alkyl halides is 3. The van der Waals surface area contributed by atoms with E-state index in [9.17, 15) is 23.2 Å². The first-order chi connectivity index (χ1) is 13.7.